The summed E-state index contributed by atoms with van der Waals surface area (Å²) in [5, 5.41) is 0. The highest BCUT2D eigenvalue weighted by atomic mass is 16.5. The van der Waals surface area contributed by atoms with Crippen LogP contribution < -0.4 is 0 Å². The summed E-state index contributed by atoms with van der Waals surface area (Å²) in [4.78, 5) is 2.33. The van der Waals surface area contributed by atoms with Crippen LogP contribution in [-0.4, -0.2) is 31.2 Å². The summed E-state index contributed by atoms with van der Waals surface area (Å²) in [6.45, 7) is 10.0. The van der Waals surface area contributed by atoms with Crippen molar-refractivity contribution in [2.45, 2.75) is 19.8 Å². The molecule has 0 aromatic carbocycles. The first-order valence-corrected chi connectivity index (χ1v) is 4.35. The molecule has 0 N–H and O–H groups in total. The average molecular weight is 155 g/mol. The van der Waals surface area contributed by atoms with E-state index in [-0.39, 0.29) is 0 Å². The molecule has 0 amide bonds. The van der Waals surface area contributed by atoms with Gasteiger partial charge in [-0.25, -0.2) is 0 Å². The van der Waals surface area contributed by atoms with E-state index in [9.17, 15) is 0 Å². The molecule has 1 fully saturated rings. The normalized spacial score (nSPS) is 18.5. The van der Waals surface area contributed by atoms with Gasteiger partial charge in [0, 0.05) is 18.8 Å². The lowest BCUT2D eigenvalue weighted by Crippen LogP contribution is -2.35. The molecular formula is C9H17NO. The first-order valence-electron chi connectivity index (χ1n) is 4.35. The van der Waals surface area contributed by atoms with E-state index in [1.807, 2.05) is 0 Å². The van der Waals surface area contributed by atoms with Gasteiger partial charge in [-0.15, -0.1) is 0 Å². The quantitative estimate of drug-likeness (QED) is 0.614. The van der Waals surface area contributed by atoms with Crippen LogP contribution in [0.2, 0.25) is 0 Å². The van der Waals surface area contributed by atoms with Gasteiger partial charge in [-0.3, -0.25) is 0 Å². The lowest BCUT2D eigenvalue weighted by molar-refractivity contribution is 0.0523. The number of hydrogen-bond donors (Lipinski definition) is 0. The number of ether oxygens (including phenoxy) is 1. The third-order valence-corrected chi connectivity index (χ3v) is 2.00. The van der Waals surface area contributed by atoms with Crippen LogP contribution in [0, 0.1) is 0 Å². The number of nitrogens with zero attached hydrogens (tertiary/aromatic N) is 1. The maximum atomic E-state index is 5.25. The molecule has 0 unspecified atom stereocenters. The number of rotatable bonds is 3. The minimum Gasteiger partial charge on any atom is -0.378 e. The Kier molecular flexibility index (Phi) is 3.43. The van der Waals surface area contributed by atoms with Crippen molar-refractivity contribution in [2.24, 2.45) is 0 Å². The zero-order valence-corrected chi connectivity index (χ0v) is 7.31. The van der Waals surface area contributed by atoms with E-state index < -0.39 is 0 Å². The molecule has 0 aliphatic carbocycles. The fourth-order valence-corrected chi connectivity index (χ4v) is 1.33. The molecule has 0 aromatic heterocycles. The second kappa shape index (κ2) is 4.39. The van der Waals surface area contributed by atoms with E-state index in [1.165, 1.54) is 12.1 Å². The van der Waals surface area contributed by atoms with Crippen LogP contribution in [0.5, 0.6) is 0 Å². The van der Waals surface area contributed by atoms with Gasteiger partial charge in [-0.1, -0.05) is 19.9 Å². The van der Waals surface area contributed by atoms with E-state index in [2.05, 4.69) is 18.4 Å². The minimum absolute atomic E-state index is 0.864. The van der Waals surface area contributed by atoms with E-state index in [0.29, 0.717) is 0 Å². The second-order valence-corrected chi connectivity index (χ2v) is 2.92. The van der Waals surface area contributed by atoms with Gasteiger partial charge >= 0.3 is 0 Å². The van der Waals surface area contributed by atoms with Crippen molar-refractivity contribution in [3.05, 3.63) is 12.3 Å². The van der Waals surface area contributed by atoms with Crippen molar-refractivity contribution < 1.29 is 4.74 Å². The molecular weight excluding hydrogens is 138 g/mol. The molecule has 1 saturated heterocycles. The Bertz CT molecular complexity index is 128. The summed E-state index contributed by atoms with van der Waals surface area (Å²) < 4.78 is 5.25. The molecule has 0 radical (unpaired) electrons. The number of hydrogen-bond acceptors (Lipinski definition) is 2. The second-order valence-electron chi connectivity index (χ2n) is 2.92. The van der Waals surface area contributed by atoms with Gasteiger partial charge in [0.15, 0.2) is 0 Å². The Labute approximate surface area is 68.8 Å². The topological polar surface area (TPSA) is 12.5 Å². The Balaban J connectivity index is 2.27. The summed E-state index contributed by atoms with van der Waals surface area (Å²) in [5.74, 6) is 0. The zero-order valence-electron chi connectivity index (χ0n) is 7.31. The van der Waals surface area contributed by atoms with Gasteiger partial charge in [-0.05, 0) is 6.42 Å². The summed E-state index contributed by atoms with van der Waals surface area (Å²) in [6, 6.07) is 0. The smallest absolute Gasteiger partial charge is 0.0642 e. The molecule has 0 bridgehead atoms. The summed E-state index contributed by atoms with van der Waals surface area (Å²) in [7, 11) is 0. The molecule has 2 nitrogen and oxygen atoms in total. The van der Waals surface area contributed by atoms with Crippen molar-refractivity contribution in [3.8, 4) is 0 Å². The van der Waals surface area contributed by atoms with Crippen LogP contribution >= 0.6 is 0 Å². The van der Waals surface area contributed by atoms with Gasteiger partial charge < -0.3 is 9.64 Å². The highest BCUT2D eigenvalue weighted by Crippen LogP contribution is 2.10. The Hall–Kier alpha value is -0.500. The molecule has 11 heavy (non-hydrogen) atoms. The first-order chi connectivity index (χ1) is 5.34. The van der Waals surface area contributed by atoms with Crippen molar-refractivity contribution in [1.29, 1.82) is 0 Å². The predicted octanol–water partition coefficient (Wildman–Crippen LogP) is 1.63. The van der Waals surface area contributed by atoms with Crippen LogP contribution in [0.1, 0.15) is 19.8 Å². The first kappa shape index (κ1) is 8.60. The van der Waals surface area contributed by atoms with Crippen molar-refractivity contribution in [1.82, 2.24) is 4.90 Å². The molecule has 1 aliphatic rings. The lowest BCUT2D eigenvalue weighted by atomic mass is 10.2. The summed E-state index contributed by atoms with van der Waals surface area (Å²) in [5.41, 5.74) is 1.27. The Morgan fingerprint density at radius 3 is 2.64 bits per heavy atom. The SMILES string of the molecule is C=C(CCC)N1CCOCC1. The maximum Gasteiger partial charge on any atom is 0.0642 e. The van der Waals surface area contributed by atoms with Gasteiger partial charge in [0.2, 0.25) is 0 Å². The molecule has 1 rings (SSSR count). The fraction of sp³-hybridized carbons (Fsp3) is 0.778. The molecule has 0 spiro atoms. The standard InChI is InChI=1S/C9H17NO/c1-3-4-9(2)10-5-7-11-8-6-10/h2-8H2,1H3. The van der Waals surface area contributed by atoms with Gasteiger partial charge in [0.25, 0.3) is 0 Å². The van der Waals surface area contributed by atoms with E-state index >= 15 is 0 Å². The zero-order chi connectivity index (χ0) is 8.10. The van der Waals surface area contributed by atoms with Crippen LogP contribution in [0.3, 0.4) is 0 Å². The van der Waals surface area contributed by atoms with Crippen molar-refractivity contribution >= 4 is 0 Å². The maximum absolute atomic E-state index is 5.25. The monoisotopic (exact) mass is 155 g/mol. The number of allylic oxidation sites excluding steroid dienone is 1. The number of morpholine rings is 1. The van der Waals surface area contributed by atoms with Crippen molar-refractivity contribution in [3.63, 3.8) is 0 Å². The fourth-order valence-electron chi connectivity index (χ4n) is 1.33. The van der Waals surface area contributed by atoms with Crippen molar-refractivity contribution in [2.75, 3.05) is 26.3 Å². The summed E-state index contributed by atoms with van der Waals surface area (Å²) >= 11 is 0. The van der Waals surface area contributed by atoms with Crippen LogP contribution in [-0.2, 0) is 4.74 Å². The molecule has 1 aliphatic heterocycles. The Morgan fingerprint density at radius 2 is 2.09 bits per heavy atom. The molecule has 2 heteroatoms. The summed E-state index contributed by atoms with van der Waals surface area (Å²) in [6.07, 6.45) is 2.32. The Morgan fingerprint density at radius 1 is 1.45 bits per heavy atom. The molecule has 0 saturated carbocycles. The highest BCUT2D eigenvalue weighted by Gasteiger charge is 2.10. The van der Waals surface area contributed by atoms with Gasteiger partial charge in [-0.2, -0.15) is 0 Å². The van der Waals surface area contributed by atoms with E-state index in [0.717, 1.165) is 32.7 Å². The molecule has 64 valence electrons. The minimum atomic E-state index is 0.864. The van der Waals surface area contributed by atoms with Crippen LogP contribution in [0.25, 0.3) is 0 Å². The van der Waals surface area contributed by atoms with Crippen LogP contribution in [0.4, 0.5) is 0 Å². The largest absolute Gasteiger partial charge is 0.378 e. The molecule has 0 atom stereocenters. The highest BCUT2D eigenvalue weighted by molar-refractivity contribution is 4.94. The predicted molar refractivity (Wildman–Crippen MR) is 46.4 cm³/mol. The third kappa shape index (κ3) is 2.54. The van der Waals surface area contributed by atoms with Gasteiger partial charge in [0.05, 0.1) is 13.2 Å². The lowest BCUT2D eigenvalue weighted by Gasteiger charge is -2.30. The van der Waals surface area contributed by atoms with E-state index in [1.54, 1.807) is 0 Å². The average Bonchev–Trinajstić information content (AvgIpc) is 2.07. The van der Waals surface area contributed by atoms with E-state index in [4.69, 9.17) is 4.74 Å². The molecule has 0 aromatic rings. The third-order valence-electron chi connectivity index (χ3n) is 2.00. The van der Waals surface area contributed by atoms with Gasteiger partial charge in [0.1, 0.15) is 0 Å². The molecule has 1 heterocycles. The van der Waals surface area contributed by atoms with Crippen LogP contribution in [0.15, 0.2) is 12.3 Å².